The Morgan fingerprint density at radius 1 is 1.00 bits per heavy atom. The van der Waals surface area contributed by atoms with Gasteiger partial charge >= 0.3 is 0 Å². The van der Waals surface area contributed by atoms with E-state index in [0.717, 1.165) is 61.2 Å². The average molecular weight is 620 g/mol. The Balaban J connectivity index is 0.000000457. The molecule has 0 aliphatic heterocycles. The van der Waals surface area contributed by atoms with E-state index in [1.807, 2.05) is 0 Å². The first-order chi connectivity index (χ1) is 21.4. The number of anilines is 1. The summed E-state index contributed by atoms with van der Waals surface area (Å²) < 4.78 is 24.1. The third-order valence-electron chi connectivity index (χ3n) is 8.12. The molecule has 5 nitrogen and oxygen atoms in total. The molecule has 2 N–H and O–H groups in total. The van der Waals surface area contributed by atoms with Gasteiger partial charge in [0.1, 0.15) is 6.33 Å². The highest BCUT2D eigenvalue weighted by molar-refractivity contribution is 5.65. The maximum atomic E-state index is 12.0. The molecule has 0 unspecified atom stereocenters. The van der Waals surface area contributed by atoms with Gasteiger partial charge in [0.05, 0.1) is 34.5 Å². The lowest BCUT2D eigenvalue weighted by Crippen LogP contribution is -2.10. The van der Waals surface area contributed by atoms with E-state index < -0.39 is 5.92 Å². The van der Waals surface area contributed by atoms with Crippen molar-refractivity contribution in [3.8, 4) is 11.4 Å². The van der Waals surface area contributed by atoms with E-state index in [1.165, 1.54) is 55.4 Å². The Bertz CT molecular complexity index is 1380. The minimum absolute atomic E-state index is 0.123. The molecule has 2 aromatic heterocycles. The summed E-state index contributed by atoms with van der Waals surface area (Å²) in [6.45, 7) is 17.1. The number of nitrogens with zero attached hydrogens (tertiary/aromatic N) is 4. The van der Waals surface area contributed by atoms with Crippen molar-refractivity contribution in [2.75, 3.05) is 5.73 Å². The lowest BCUT2D eigenvalue weighted by atomic mass is 10.0. The van der Waals surface area contributed by atoms with Gasteiger partial charge in [0, 0.05) is 12.8 Å². The summed E-state index contributed by atoms with van der Waals surface area (Å²) in [7, 11) is 0. The molecule has 246 valence electrons. The summed E-state index contributed by atoms with van der Waals surface area (Å²) in [5, 5.41) is 0. The molecular weight excluding hydrogens is 564 g/mol. The zero-order valence-corrected chi connectivity index (χ0v) is 29.1. The zero-order valence-electron chi connectivity index (χ0n) is 29.1. The highest BCUT2D eigenvalue weighted by atomic mass is 19.3. The number of hydrogen-bond donors (Lipinski definition) is 1. The third kappa shape index (κ3) is 12.4. The van der Waals surface area contributed by atoms with E-state index in [2.05, 4.69) is 86.8 Å². The molecule has 7 heteroatoms. The molecule has 0 spiro atoms. The number of nitrogens with two attached hydrogens (primary N) is 1. The molecule has 45 heavy (non-hydrogen) atoms. The van der Waals surface area contributed by atoms with Crippen molar-refractivity contribution in [3.63, 3.8) is 0 Å². The van der Waals surface area contributed by atoms with Crippen LogP contribution in [-0.2, 0) is 19.3 Å². The van der Waals surface area contributed by atoms with Crippen LogP contribution in [0.4, 0.5) is 14.5 Å². The Morgan fingerprint density at radius 3 is 2.13 bits per heavy atom. The first-order valence-electron chi connectivity index (χ1n) is 16.6. The highest BCUT2D eigenvalue weighted by Gasteiger charge is 2.30. The van der Waals surface area contributed by atoms with E-state index in [1.54, 1.807) is 19.4 Å². The summed E-state index contributed by atoms with van der Waals surface area (Å²) in [5.74, 6) is -0.527. The summed E-state index contributed by atoms with van der Waals surface area (Å²) in [5.41, 5.74) is 14.9. The molecule has 1 aliphatic carbocycles. The van der Waals surface area contributed by atoms with Gasteiger partial charge in [-0.2, -0.15) is 0 Å². The molecule has 0 saturated heterocycles. The predicted molar refractivity (Wildman–Crippen MR) is 186 cm³/mol. The van der Waals surface area contributed by atoms with Crippen molar-refractivity contribution >= 4 is 11.3 Å². The molecule has 0 atom stereocenters. The maximum Gasteiger partial charge on any atom is 0.266 e. The van der Waals surface area contributed by atoms with Gasteiger partial charge in [-0.25, -0.2) is 28.7 Å². The van der Waals surface area contributed by atoms with Crippen molar-refractivity contribution in [1.82, 2.24) is 19.9 Å². The number of benzene rings is 1. The largest absolute Gasteiger partial charge is 0.396 e. The van der Waals surface area contributed by atoms with Crippen molar-refractivity contribution in [2.45, 2.75) is 126 Å². The second-order valence-electron chi connectivity index (χ2n) is 12.3. The van der Waals surface area contributed by atoms with Gasteiger partial charge in [-0.15, -0.1) is 0 Å². The Kier molecular flexibility index (Phi) is 15.5. The second-order valence-corrected chi connectivity index (χ2v) is 12.3. The summed E-state index contributed by atoms with van der Waals surface area (Å²) in [6, 6.07) is 8.84. The van der Waals surface area contributed by atoms with Crippen molar-refractivity contribution in [2.24, 2.45) is 5.92 Å². The third-order valence-corrected chi connectivity index (χ3v) is 8.12. The van der Waals surface area contributed by atoms with Gasteiger partial charge in [0.15, 0.2) is 5.82 Å². The Labute approximate surface area is 270 Å². The smallest absolute Gasteiger partial charge is 0.266 e. The van der Waals surface area contributed by atoms with E-state index >= 15 is 0 Å². The topological polar surface area (TPSA) is 77.6 Å². The SMILES string of the molecule is C/C=C(\C)C(C)(F)F.CCC(C)C.CCCC=C(C)c1ccc(CCc2nc(-c3c(CC)ncnc3C3CC3)ncc2N)cc1. The van der Waals surface area contributed by atoms with Crippen LogP contribution in [0.5, 0.6) is 0 Å². The Morgan fingerprint density at radius 2 is 1.64 bits per heavy atom. The van der Waals surface area contributed by atoms with Crippen LogP contribution in [0.1, 0.15) is 129 Å². The van der Waals surface area contributed by atoms with Gasteiger partial charge in [-0.05, 0) is 87.5 Å². The maximum absolute atomic E-state index is 12.0. The van der Waals surface area contributed by atoms with Crippen LogP contribution in [0.25, 0.3) is 17.0 Å². The normalized spacial score (nSPS) is 13.6. The fourth-order valence-electron chi connectivity index (χ4n) is 4.29. The summed E-state index contributed by atoms with van der Waals surface area (Å²) in [4.78, 5) is 18.6. The first-order valence-corrected chi connectivity index (χ1v) is 16.6. The number of allylic oxidation sites excluding steroid dienone is 4. The number of hydrogen-bond acceptors (Lipinski definition) is 5. The number of aromatic nitrogens is 4. The van der Waals surface area contributed by atoms with Crippen molar-refractivity contribution < 1.29 is 8.78 Å². The van der Waals surface area contributed by atoms with Crippen LogP contribution in [0.15, 0.2) is 54.5 Å². The molecule has 2 heterocycles. The number of halogens is 2. The van der Waals surface area contributed by atoms with Crippen molar-refractivity contribution in [1.29, 1.82) is 0 Å². The van der Waals surface area contributed by atoms with Gasteiger partial charge < -0.3 is 5.73 Å². The van der Waals surface area contributed by atoms with Crippen LogP contribution in [0.2, 0.25) is 0 Å². The molecule has 1 aromatic carbocycles. The average Bonchev–Trinajstić information content (AvgIpc) is 3.88. The van der Waals surface area contributed by atoms with Gasteiger partial charge in [0.25, 0.3) is 5.92 Å². The fourth-order valence-corrected chi connectivity index (χ4v) is 4.29. The molecule has 1 saturated carbocycles. The second kappa shape index (κ2) is 18.5. The number of rotatable bonds is 11. The number of aryl methyl sites for hydroxylation is 3. The first kappa shape index (κ1) is 37.7. The lowest BCUT2D eigenvalue weighted by molar-refractivity contribution is 0.0633. The molecule has 4 rings (SSSR count). The molecule has 0 bridgehead atoms. The molecule has 0 amide bonds. The minimum atomic E-state index is -2.63. The molecule has 1 aliphatic rings. The fraction of sp³-hybridized carbons (Fsp3) is 0.526. The van der Waals surface area contributed by atoms with Gasteiger partial charge in [0.2, 0.25) is 0 Å². The van der Waals surface area contributed by atoms with Crippen LogP contribution in [0.3, 0.4) is 0 Å². The lowest BCUT2D eigenvalue weighted by Gasteiger charge is -2.13. The van der Waals surface area contributed by atoms with Gasteiger partial charge in [-0.3, -0.25) is 0 Å². The van der Waals surface area contributed by atoms with E-state index in [0.29, 0.717) is 17.4 Å². The molecule has 0 radical (unpaired) electrons. The number of alkyl halides is 2. The zero-order chi connectivity index (χ0) is 33.6. The summed E-state index contributed by atoms with van der Waals surface area (Å²) in [6.07, 6.45) is 15.6. The van der Waals surface area contributed by atoms with Gasteiger partial charge in [-0.1, -0.05) is 83.9 Å². The van der Waals surface area contributed by atoms with E-state index in [-0.39, 0.29) is 5.57 Å². The van der Waals surface area contributed by atoms with E-state index in [9.17, 15) is 8.78 Å². The number of nitrogen functional groups attached to an aromatic ring is 1. The number of unbranched alkanes of at least 4 members (excludes halogenated alkanes) is 1. The van der Waals surface area contributed by atoms with Crippen LogP contribution in [0, 0.1) is 5.92 Å². The quantitative estimate of drug-likeness (QED) is 0.216. The van der Waals surface area contributed by atoms with Crippen molar-refractivity contribution in [3.05, 3.63) is 82.7 Å². The highest BCUT2D eigenvalue weighted by Crippen LogP contribution is 2.43. The molecule has 3 aromatic rings. The summed E-state index contributed by atoms with van der Waals surface area (Å²) >= 11 is 0. The standard InChI is InChI=1S/C27H33N5.C6H10F2.C5H12/c1-4-6-7-18(3)20-11-8-19(9-12-20)10-15-24-22(28)16-29-27(32-24)25-23(5-2)30-17-31-26(25)21-13-14-21;1-4-5(2)6(3,7)8;1-4-5(2)3/h7-9,11-12,16-17,21H,4-6,10,13-15,28H2,1-3H3;4H,1-3H3;5H,4H2,1-3H3/b;5-4+;. The minimum Gasteiger partial charge on any atom is -0.396 e. The van der Waals surface area contributed by atoms with E-state index in [4.69, 9.17) is 10.7 Å². The molecule has 1 fully saturated rings. The predicted octanol–water partition coefficient (Wildman–Crippen LogP) is 10.6. The molecular formula is C38H55F2N5. The van der Waals surface area contributed by atoms with Crippen LogP contribution >= 0.6 is 0 Å². The Hall–Kier alpha value is -3.48. The monoisotopic (exact) mass is 619 g/mol. The van der Waals surface area contributed by atoms with Crippen LogP contribution in [-0.4, -0.2) is 25.9 Å². The van der Waals surface area contributed by atoms with Crippen LogP contribution < -0.4 is 5.73 Å².